The van der Waals surface area contributed by atoms with Crippen LogP contribution in [0.25, 0.3) is 10.4 Å². The van der Waals surface area contributed by atoms with Crippen LogP contribution in [0.2, 0.25) is 0 Å². The maximum absolute atomic E-state index is 13.0. The molecule has 0 spiro atoms. The Morgan fingerprint density at radius 1 is 0.923 bits per heavy atom. The number of ether oxygens (including phenoxy) is 2. The van der Waals surface area contributed by atoms with Crippen LogP contribution in [0.4, 0.5) is 0 Å². The number of methoxy groups -OCH3 is 1. The molecular formula is C22H20O3S. The highest BCUT2D eigenvalue weighted by atomic mass is 32.1. The Morgan fingerprint density at radius 3 is 2.35 bits per heavy atom. The zero-order valence-electron chi connectivity index (χ0n) is 14.7. The van der Waals surface area contributed by atoms with Crippen LogP contribution >= 0.6 is 11.3 Å². The van der Waals surface area contributed by atoms with Gasteiger partial charge in [0.15, 0.2) is 0 Å². The summed E-state index contributed by atoms with van der Waals surface area (Å²) in [5.74, 6) is 1.00. The van der Waals surface area contributed by atoms with Crippen molar-refractivity contribution in [1.82, 2.24) is 0 Å². The second kappa shape index (κ2) is 7.34. The van der Waals surface area contributed by atoms with E-state index in [9.17, 15) is 4.79 Å². The third-order valence-corrected chi connectivity index (χ3v) is 6.02. The average Bonchev–Trinajstić information content (AvgIpc) is 3.09. The number of thiophene rings is 1. The first-order valence-corrected chi connectivity index (χ1v) is 9.64. The minimum absolute atomic E-state index is 0.270. The number of hydrogen-bond acceptors (Lipinski definition) is 4. The maximum atomic E-state index is 13.0. The van der Waals surface area contributed by atoms with Gasteiger partial charge in [-0.3, -0.25) is 0 Å². The van der Waals surface area contributed by atoms with E-state index in [1.54, 1.807) is 42.7 Å². The van der Waals surface area contributed by atoms with E-state index in [2.05, 4.69) is 12.1 Å². The fourth-order valence-electron chi connectivity index (χ4n) is 3.38. The van der Waals surface area contributed by atoms with Gasteiger partial charge in [-0.15, -0.1) is 11.3 Å². The largest absolute Gasteiger partial charge is 0.497 e. The highest BCUT2D eigenvalue weighted by Gasteiger charge is 2.27. The fraction of sp³-hybridized carbons (Fsp3) is 0.227. The van der Waals surface area contributed by atoms with Crippen molar-refractivity contribution >= 4 is 17.3 Å². The lowest BCUT2D eigenvalue weighted by molar-refractivity contribution is 0.0734. The number of carbonyl (C=O) groups excluding carboxylic acids is 1. The molecule has 26 heavy (non-hydrogen) atoms. The molecule has 1 heterocycles. The van der Waals surface area contributed by atoms with Gasteiger partial charge in [0.05, 0.1) is 12.7 Å². The molecule has 0 radical (unpaired) electrons. The fourth-order valence-corrected chi connectivity index (χ4v) is 4.76. The molecule has 0 N–H and O–H groups in total. The molecule has 0 saturated carbocycles. The molecule has 3 nitrogen and oxygen atoms in total. The zero-order chi connectivity index (χ0) is 17.9. The topological polar surface area (TPSA) is 35.5 Å². The standard InChI is InChI=1S/C22H20O3S/c1-24-16-11-13-17(14-12-16)25-22(23)20-18-9-5-6-10-19(18)26-21(20)15-7-3-2-4-8-15/h2-4,7-8,11-14H,5-6,9-10H2,1H3. The van der Waals surface area contributed by atoms with Crippen LogP contribution in [0.15, 0.2) is 54.6 Å². The predicted octanol–water partition coefficient (Wildman–Crippen LogP) is 5.52. The maximum Gasteiger partial charge on any atom is 0.345 e. The van der Waals surface area contributed by atoms with Crippen LogP contribution in [-0.2, 0) is 12.8 Å². The van der Waals surface area contributed by atoms with Crippen LogP contribution in [0.1, 0.15) is 33.6 Å². The van der Waals surface area contributed by atoms with E-state index in [-0.39, 0.29) is 5.97 Å². The lowest BCUT2D eigenvalue weighted by Gasteiger charge is -2.13. The zero-order valence-corrected chi connectivity index (χ0v) is 15.5. The van der Waals surface area contributed by atoms with Crippen molar-refractivity contribution in [3.05, 3.63) is 70.6 Å². The molecule has 4 heteroatoms. The summed E-state index contributed by atoms with van der Waals surface area (Å²) in [6.07, 6.45) is 4.32. The Bertz CT molecular complexity index is 911. The van der Waals surface area contributed by atoms with Gasteiger partial charge >= 0.3 is 5.97 Å². The van der Waals surface area contributed by atoms with Crippen LogP contribution in [0.5, 0.6) is 11.5 Å². The molecule has 132 valence electrons. The van der Waals surface area contributed by atoms with Gasteiger partial charge < -0.3 is 9.47 Å². The summed E-state index contributed by atoms with van der Waals surface area (Å²) >= 11 is 1.74. The van der Waals surface area contributed by atoms with Crippen LogP contribution < -0.4 is 9.47 Å². The average molecular weight is 364 g/mol. The summed E-state index contributed by atoms with van der Waals surface area (Å²) in [5, 5.41) is 0. The number of esters is 1. The van der Waals surface area contributed by atoms with Crippen molar-refractivity contribution in [3.63, 3.8) is 0 Å². The molecular weight excluding hydrogens is 344 g/mol. The molecule has 1 aromatic heterocycles. The molecule has 0 bridgehead atoms. The van der Waals surface area contributed by atoms with Crippen molar-refractivity contribution in [2.75, 3.05) is 7.11 Å². The van der Waals surface area contributed by atoms with E-state index in [1.165, 1.54) is 16.9 Å². The van der Waals surface area contributed by atoms with E-state index in [0.29, 0.717) is 5.75 Å². The molecule has 4 rings (SSSR count). The molecule has 0 saturated heterocycles. The predicted molar refractivity (Wildman–Crippen MR) is 104 cm³/mol. The number of carbonyl (C=O) groups is 1. The number of rotatable bonds is 4. The highest BCUT2D eigenvalue weighted by Crippen LogP contribution is 2.41. The van der Waals surface area contributed by atoms with Crippen molar-refractivity contribution in [2.45, 2.75) is 25.7 Å². The smallest absolute Gasteiger partial charge is 0.345 e. The lowest BCUT2D eigenvalue weighted by Crippen LogP contribution is -2.13. The van der Waals surface area contributed by atoms with Crippen LogP contribution in [0, 0.1) is 0 Å². The molecule has 0 unspecified atom stereocenters. The first kappa shape index (κ1) is 16.9. The van der Waals surface area contributed by atoms with Gasteiger partial charge in [-0.25, -0.2) is 4.79 Å². The third kappa shape index (κ3) is 3.25. The molecule has 0 fully saturated rings. The summed E-state index contributed by atoms with van der Waals surface area (Å²) in [4.78, 5) is 15.4. The monoisotopic (exact) mass is 364 g/mol. The Labute approximate surface area is 157 Å². The SMILES string of the molecule is COc1ccc(OC(=O)c2c(-c3ccccc3)sc3c2CCCC3)cc1. The summed E-state index contributed by atoms with van der Waals surface area (Å²) < 4.78 is 10.9. The molecule has 3 aromatic rings. The Hall–Kier alpha value is -2.59. The van der Waals surface area contributed by atoms with Crippen molar-refractivity contribution < 1.29 is 14.3 Å². The molecule has 2 aromatic carbocycles. The van der Waals surface area contributed by atoms with Gasteiger partial charge in [0.25, 0.3) is 0 Å². The van der Waals surface area contributed by atoms with Gasteiger partial charge in [-0.1, -0.05) is 30.3 Å². The molecule has 1 aliphatic rings. The third-order valence-electron chi connectivity index (χ3n) is 4.68. The van der Waals surface area contributed by atoms with Crippen LogP contribution in [0.3, 0.4) is 0 Å². The van der Waals surface area contributed by atoms with Gasteiger partial charge in [-0.2, -0.15) is 0 Å². The van der Waals surface area contributed by atoms with Crippen molar-refractivity contribution in [3.8, 4) is 21.9 Å². The van der Waals surface area contributed by atoms with E-state index in [0.717, 1.165) is 41.0 Å². The van der Waals surface area contributed by atoms with Crippen LogP contribution in [-0.4, -0.2) is 13.1 Å². The number of aryl methyl sites for hydroxylation is 1. The van der Waals surface area contributed by atoms with E-state index in [4.69, 9.17) is 9.47 Å². The number of hydrogen-bond donors (Lipinski definition) is 0. The van der Waals surface area contributed by atoms with Gasteiger partial charge in [-0.05, 0) is 61.1 Å². The first-order chi connectivity index (χ1) is 12.8. The summed E-state index contributed by atoms with van der Waals surface area (Å²) in [6, 6.07) is 17.2. The second-order valence-corrected chi connectivity index (χ2v) is 7.45. The molecule has 0 atom stereocenters. The van der Waals surface area contributed by atoms with E-state index in [1.807, 2.05) is 18.2 Å². The minimum Gasteiger partial charge on any atom is -0.497 e. The second-order valence-electron chi connectivity index (χ2n) is 6.35. The van der Waals surface area contributed by atoms with Crippen molar-refractivity contribution in [1.29, 1.82) is 0 Å². The summed E-state index contributed by atoms with van der Waals surface area (Å²) in [6.45, 7) is 0. The van der Waals surface area contributed by atoms with Gasteiger partial charge in [0.2, 0.25) is 0 Å². The first-order valence-electron chi connectivity index (χ1n) is 8.82. The molecule has 1 aliphatic carbocycles. The summed E-state index contributed by atoms with van der Waals surface area (Å²) in [7, 11) is 1.62. The quantitative estimate of drug-likeness (QED) is 0.451. The van der Waals surface area contributed by atoms with Gasteiger partial charge in [0.1, 0.15) is 11.5 Å². The Kier molecular flexibility index (Phi) is 4.76. The lowest BCUT2D eigenvalue weighted by atomic mass is 9.94. The highest BCUT2D eigenvalue weighted by molar-refractivity contribution is 7.16. The Morgan fingerprint density at radius 2 is 1.62 bits per heavy atom. The minimum atomic E-state index is -0.270. The summed E-state index contributed by atoms with van der Waals surface area (Å²) in [5.41, 5.74) is 3.00. The van der Waals surface area contributed by atoms with E-state index >= 15 is 0 Å². The van der Waals surface area contributed by atoms with Crippen molar-refractivity contribution in [2.24, 2.45) is 0 Å². The normalized spacial score (nSPS) is 13.1. The number of fused-ring (bicyclic) bond motifs is 1. The van der Waals surface area contributed by atoms with E-state index < -0.39 is 0 Å². The number of benzene rings is 2. The molecule has 0 amide bonds. The molecule has 0 aliphatic heterocycles. The Balaban J connectivity index is 1.71. The van der Waals surface area contributed by atoms with Gasteiger partial charge in [0, 0.05) is 9.75 Å².